The van der Waals surface area contributed by atoms with Gasteiger partial charge >= 0.3 is 0 Å². The molecule has 0 amide bonds. The van der Waals surface area contributed by atoms with E-state index in [0.29, 0.717) is 11.7 Å². The maximum Gasteiger partial charge on any atom is 0.253 e. The molecular formula is C17H25N4OS+. The van der Waals surface area contributed by atoms with Gasteiger partial charge in [0, 0.05) is 12.6 Å². The van der Waals surface area contributed by atoms with Gasteiger partial charge in [0.1, 0.15) is 0 Å². The highest BCUT2D eigenvalue weighted by Gasteiger charge is 2.13. The van der Waals surface area contributed by atoms with Crippen LogP contribution in [-0.2, 0) is 6.54 Å². The SMILES string of the molecule is CNC(=S)N(CC[NH+](C)C)Cc1cc2cccc(C)c2[nH]c1=O. The first-order valence-electron chi connectivity index (χ1n) is 7.79. The quantitative estimate of drug-likeness (QED) is 0.689. The summed E-state index contributed by atoms with van der Waals surface area (Å²) in [4.78, 5) is 18.8. The van der Waals surface area contributed by atoms with Gasteiger partial charge < -0.3 is 20.1 Å². The van der Waals surface area contributed by atoms with Gasteiger partial charge in [0.25, 0.3) is 5.56 Å². The predicted octanol–water partition coefficient (Wildman–Crippen LogP) is 0.287. The summed E-state index contributed by atoms with van der Waals surface area (Å²) in [7, 11) is 6.02. The van der Waals surface area contributed by atoms with E-state index in [1.165, 1.54) is 4.90 Å². The van der Waals surface area contributed by atoms with Gasteiger partial charge in [-0.1, -0.05) is 18.2 Å². The van der Waals surface area contributed by atoms with Gasteiger partial charge in [-0.15, -0.1) is 0 Å². The van der Waals surface area contributed by atoms with Crippen LogP contribution < -0.4 is 15.8 Å². The van der Waals surface area contributed by atoms with E-state index >= 15 is 0 Å². The summed E-state index contributed by atoms with van der Waals surface area (Å²) in [5.74, 6) is 0. The van der Waals surface area contributed by atoms with Crippen LogP contribution in [0, 0.1) is 6.92 Å². The minimum atomic E-state index is -0.0482. The fourth-order valence-electron chi connectivity index (χ4n) is 2.52. The summed E-state index contributed by atoms with van der Waals surface area (Å²) in [5, 5.41) is 4.72. The van der Waals surface area contributed by atoms with Gasteiger partial charge in [0.2, 0.25) is 0 Å². The number of nitrogens with one attached hydrogen (secondary N) is 3. The molecule has 0 unspecified atom stereocenters. The standard InChI is InChI=1S/C17H24N4OS/c1-12-6-5-7-13-10-14(16(22)19-15(12)13)11-21(17(23)18-2)9-8-20(3)4/h5-7,10H,8-9,11H2,1-4H3,(H,18,23)(H,19,22)/p+1. The molecule has 124 valence electrons. The molecule has 1 aromatic heterocycles. The number of hydrogen-bond donors (Lipinski definition) is 3. The van der Waals surface area contributed by atoms with E-state index in [1.807, 2.05) is 43.1 Å². The number of aromatic amines is 1. The largest absolute Gasteiger partial charge is 0.366 e. The molecule has 6 heteroatoms. The van der Waals surface area contributed by atoms with Crippen LogP contribution in [0.25, 0.3) is 10.9 Å². The van der Waals surface area contributed by atoms with Crippen molar-refractivity contribution in [2.24, 2.45) is 0 Å². The van der Waals surface area contributed by atoms with Crippen molar-refractivity contribution < 1.29 is 4.90 Å². The average molecular weight is 333 g/mol. The number of fused-ring (bicyclic) bond motifs is 1. The third-order valence-corrected chi connectivity index (χ3v) is 4.37. The molecule has 0 fully saturated rings. The number of likely N-dealkylation sites (N-methyl/N-ethyl adjacent to an activating group) is 1. The lowest BCUT2D eigenvalue weighted by atomic mass is 10.1. The van der Waals surface area contributed by atoms with Gasteiger partial charge in [-0.25, -0.2) is 0 Å². The monoisotopic (exact) mass is 333 g/mol. The minimum absolute atomic E-state index is 0.0482. The highest BCUT2D eigenvalue weighted by molar-refractivity contribution is 7.80. The number of thiocarbonyl (C=S) groups is 1. The molecule has 0 radical (unpaired) electrons. The number of hydrogen-bond acceptors (Lipinski definition) is 2. The van der Waals surface area contributed by atoms with Crippen LogP contribution in [0.1, 0.15) is 11.1 Å². The van der Waals surface area contributed by atoms with Crippen LogP contribution >= 0.6 is 12.2 Å². The van der Waals surface area contributed by atoms with Crippen molar-refractivity contribution in [3.05, 3.63) is 45.7 Å². The third kappa shape index (κ3) is 4.30. The summed E-state index contributed by atoms with van der Waals surface area (Å²) in [6, 6.07) is 7.99. The lowest BCUT2D eigenvalue weighted by molar-refractivity contribution is -0.857. The van der Waals surface area contributed by atoms with Crippen LogP contribution in [0.3, 0.4) is 0 Å². The summed E-state index contributed by atoms with van der Waals surface area (Å²) < 4.78 is 0. The summed E-state index contributed by atoms with van der Waals surface area (Å²) in [6.07, 6.45) is 0. The van der Waals surface area contributed by atoms with Crippen LogP contribution in [0.2, 0.25) is 0 Å². The van der Waals surface area contributed by atoms with Gasteiger partial charge in [-0.05, 0) is 36.2 Å². The van der Waals surface area contributed by atoms with Gasteiger partial charge in [-0.2, -0.15) is 0 Å². The molecule has 1 heterocycles. The molecule has 0 saturated heterocycles. The van der Waals surface area contributed by atoms with E-state index < -0.39 is 0 Å². The second-order valence-electron chi connectivity index (χ2n) is 6.10. The molecule has 23 heavy (non-hydrogen) atoms. The van der Waals surface area contributed by atoms with E-state index in [9.17, 15) is 4.79 Å². The Bertz CT molecular complexity index is 754. The van der Waals surface area contributed by atoms with Crippen LogP contribution in [0.5, 0.6) is 0 Å². The Hall–Kier alpha value is -1.92. The molecule has 1 aromatic carbocycles. The fraction of sp³-hybridized carbons (Fsp3) is 0.412. The van der Waals surface area contributed by atoms with Crippen molar-refractivity contribution in [2.45, 2.75) is 13.5 Å². The summed E-state index contributed by atoms with van der Waals surface area (Å²) in [5.41, 5.74) is 2.66. The Balaban J connectivity index is 2.32. The van der Waals surface area contributed by atoms with Crippen molar-refractivity contribution in [1.29, 1.82) is 0 Å². The van der Waals surface area contributed by atoms with Crippen molar-refractivity contribution in [2.75, 3.05) is 34.2 Å². The minimum Gasteiger partial charge on any atom is -0.366 e. The molecule has 2 aromatic rings. The molecule has 0 bridgehead atoms. The Morgan fingerprint density at radius 2 is 2.13 bits per heavy atom. The number of aryl methyl sites for hydroxylation is 1. The Morgan fingerprint density at radius 1 is 1.39 bits per heavy atom. The number of aromatic nitrogens is 1. The molecule has 5 nitrogen and oxygen atoms in total. The maximum atomic E-state index is 12.4. The number of rotatable bonds is 5. The van der Waals surface area contributed by atoms with Crippen LogP contribution in [0.15, 0.2) is 29.1 Å². The Labute approximate surface area is 142 Å². The van der Waals surface area contributed by atoms with Crippen LogP contribution in [0.4, 0.5) is 0 Å². The third-order valence-electron chi connectivity index (χ3n) is 3.91. The molecule has 0 spiro atoms. The Morgan fingerprint density at radius 3 is 2.78 bits per heavy atom. The molecule has 0 saturated carbocycles. The molecule has 0 aliphatic heterocycles. The molecule has 2 rings (SSSR count). The van der Waals surface area contributed by atoms with Crippen LogP contribution in [-0.4, -0.2) is 49.2 Å². The second kappa shape index (κ2) is 7.57. The predicted molar refractivity (Wildman–Crippen MR) is 99.1 cm³/mol. The number of quaternary nitrogens is 1. The van der Waals surface area contributed by atoms with E-state index in [4.69, 9.17) is 12.2 Å². The maximum absolute atomic E-state index is 12.4. The lowest BCUT2D eigenvalue weighted by Gasteiger charge is -2.25. The van der Waals surface area contributed by atoms with Gasteiger partial charge in [0.05, 0.1) is 39.2 Å². The normalized spacial score (nSPS) is 11.0. The molecule has 0 atom stereocenters. The van der Waals surface area contributed by atoms with Crippen molar-refractivity contribution >= 4 is 28.2 Å². The first-order valence-corrected chi connectivity index (χ1v) is 8.20. The topological polar surface area (TPSA) is 52.6 Å². The molecular weight excluding hydrogens is 308 g/mol. The van der Waals surface area contributed by atoms with E-state index in [0.717, 1.165) is 35.1 Å². The number of benzene rings is 1. The smallest absolute Gasteiger partial charge is 0.253 e. The lowest BCUT2D eigenvalue weighted by Crippen LogP contribution is -3.06. The van der Waals surface area contributed by atoms with E-state index in [-0.39, 0.29) is 5.56 Å². The van der Waals surface area contributed by atoms with E-state index in [1.54, 1.807) is 0 Å². The summed E-state index contributed by atoms with van der Waals surface area (Å²) in [6.45, 7) is 4.26. The van der Waals surface area contributed by atoms with Crippen molar-refractivity contribution in [3.63, 3.8) is 0 Å². The second-order valence-corrected chi connectivity index (χ2v) is 6.48. The molecule has 0 aliphatic carbocycles. The molecule has 0 aliphatic rings. The number of pyridine rings is 1. The zero-order valence-electron chi connectivity index (χ0n) is 14.2. The summed E-state index contributed by atoms with van der Waals surface area (Å²) >= 11 is 5.38. The first kappa shape index (κ1) is 17.4. The van der Waals surface area contributed by atoms with E-state index in [2.05, 4.69) is 24.4 Å². The highest BCUT2D eigenvalue weighted by Crippen LogP contribution is 2.15. The van der Waals surface area contributed by atoms with Gasteiger partial charge in [-0.3, -0.25) is 4.79 Å². The average Bonchev–Trinajstić information content (AvgIpc) is 2.51. The number of para-hydroxylation sites is 1. The van der Waals surface area contributed by atoms with Crippen molar-refractivity contribution in [1.82, 2.24) is 15.2 Å². The zero-order valence-corrected chi connectivity index (χ0v) is 15.0. The van der Waals surface area contributed by atoms with Crippen molar-refractivity contribution in [3.8, 4) is 0 Å². The highest BCUT2D eigenvalue weighted by atomic mass is 32.1. The molecule has 3 N–H and O–H groups in total. The van der Waals surface area contributed by atoms with Gasteiger partial charge in [0.15, 0.2) is 5.11 Å². The zero-order chi connectivity index (χ0) is 17.0. The number of H-pyrrole nitrogens is 1. The number of nitrogens with zero attached hydrogens (tertiary/aromatic N) is 1. The fourth-order valence-corrected chi connectivity index (χ4v) is 2.68. The Kier molecular flexibility index (Phi) is 5.74. The first-order chi connectivity index (χ1) is 10.9.